The van der Waals surface area contributed by atoms with E-state index in [1.807, 2.05) is 7.05 Å². The van der Waals surface area contributed by atoms with E-state index >= 15 is 0 Å². The molecule has 0 heterocycles. The number of hydrogen-bond donors (Lipinski definition) is 1. The molecular formula is C15H22F2N2. The molecule has 0 radical (unpaired) electrons. The molecule has 2 nitrogen and oxygen atoms in total. The lowest BCUT2D eigenvalue weighted by Crippen LogP contribution is -2.52. The van der Waals surface area contributed by atoms with Gasteiger partial charge in [0.2, 0.25) is 0 Å². The number of nitrogens with two attached hydrogens (primary N) is 1. The minimum atomic E-state index is -0.532. The van der Waals surface area contributed by atoms with E-state index in [0.29, 0.717) is 18.7 Å². The van der Waals surface area contributed by atoms with E-state index < -0.39 is 11.6 Å². The van der Waals surface area contributed by atoms with Gasteiger partial charge < -0.3 is 5.73 Å². The molecular weight excluding hydrogens is 246 g/mol. The van der Waals surface area contributed by atoms with Crippen LogP contribution in [0, 0.1) is 11.6 Å². The Morgan fingerprint density at radius 1 is 1.21 bits per heavy atom. The Bertz CT molecular complexity index is 428. The zero-order chi connectivity index (χ0) is 13.9. The largest absolute Gasteiger partial charge is 0.329 e. The van der Waals surface area contributed by atoms with Crippen molar-refractivity contribution in [2.45, 2.75) is 44.2 Å². The van der Waals surface area contributed by atoms with Crippen LogP contribution in [-0.2, 0) is 6.54 Å². The molecule has 1 aliphatic rings. The molecule has 0 saturated heterocycles. The molecule has 0 atom stereocenters. The SMILES string of the molecule is CN(Cc1ccc(F)cc1F)C1(CN)CCCCC1. The Kier molecular flexibility index (Phi) is 4.53. The molecule has 1 fully saturated rings. The summed E-state index contributed by atoms with van der Waals surface area (Å²) in [6, 6.07) is 3.77. The molecule has 0 aliphatic heterocycles. The lowest BCUT2D eigenvalue weighted by molar-refractivity contribution is 0.0748. The zero-order valence-electron chi connectivity index (χ0n) is 11.5. The maximum Gasteiger partial charge on any atom is 0.130 e. The fourth-order valence-corrected chi connectivity index (χ4v) is 3.02. The van der Waals surface area contributed by atoms with Gasteiger partial charge in [-0.3, -0.25) is 4.90 Å². The van der Waals surface area contributed by atoms with Gasteiger partial charge in [-0.15, -0.1) is 0 Å². The second-order valence-electron chi connectivity index (χ2n) is 5.58. The zero-order valence-corrected chi connectivity index (χ0v) is 11.5. The normalized spacial score (nSPS) is 18.8. The van der Waals surface area contributed by atoms with Crippen molar-refractivity contribution in [2.75, 3.05) is 13.6 Å². The molecule has 106 valence electrons. The van der Waals surface area contributed by atoms with Crippen LogP contribution in [0.2, 0.25) is 0 Å². The van der Waals surface area contributed by atoms with E-state index in [4.69, 9.17) is 5.73 Å². The van der Waals surface area contributed by atoms with Gasteiger partial charge in [-0.05, 0) is 26.0 Å². The Balaban J connectivity index is 2.12. The molecule has 4 heteroatoms. The molecule has 1 aromatic rings. The van der Waals surface area contributed by atoms with Crippen LogP contribution in [0.5, 0.6) is 0 Å². The maximum atomic E-state index is 13.7. The summed E-state index contributed by atoms with van der Waals surface area (Å²) < 4.78 is 26.6. The van der Waals surface area contributed by atoms with Gasteiger partial charge in [0.05, 0.1) is 0 Å². The third-order valence-corrected chi connectivity index (χ3v) is 4.40. The summed E-state index contributed by atoms with van der Waals surface area (Å²) in [4.78, 5) is 2.14. The molecule has 0 spiro atoms. The highest BCUT2D eigenvalue weighted by atomic mass is 19.1. The van der Waals surface area contributed by atoms with Crippen LogP contribution < -0.4 is 5.73 Å². The summed E-state index contributed by atoms with van der Waals surface area (Å²) in [5.41, 5.74) is 6.46. The topological polar surface area (TPSA) is 29.3 Å². The third kappa shape index (κ3) is 3.12. The quantitative estimate of drug-likeness (QED) is 0.909. The van der Waals surface area contributed by atoms with Crippen LogP contribution in [0.1, 0.15) is 37.7 Å². The van der Waals surface area contributed by atoms with Gasteiger partial charge in [-0.1, -0.05) is 25.3 Å². The number of hydrogen-bond acceptors (Lipinski definition) is 2. The lowest BCUT2D eigenvalue weighted by Gasteiger charge is -2.44. The predicted molar refractivity (Wildman–Crippen MR) is 72.7 cm³/mol. The molecule has 0 aromatic heterocycles. The van der Waals surface area contributed by atoms with Gasteiger partial charge >= 0.3 is 0 Å². The standard InChI is InChI=1S/C15H22F2N2/c1-19(15(11-18)7-3-2-4-8-15)10-12-5-6-13(16)9-14(12)17/h5-6,9H,2-4,7-8,10-11,18H2,1H3. The maximum absolute atomic E-state index is 13.7. The summed E-state index contributed by atoms with van der Waals surface area (Å²) in [7, 11) is 1.99. The summed E-state index contributed by atoms with van der Waals surface area (Å²) in [6.07, 6.45) is 5.72. The highest BCUT2D eigenvalue weighted by Gasteiger charge is 2.34. The first-order valence-corrected chi connectivity index (χ1v) is 6.93. The van der Waals surface area contributed by atoms with Gasteiger partial charge in [-0.25, -0.2) is 8.78 Å². The molecule has 2 N–H and O–H groups in total. The first kappa shape index (κ1) is 14.4. The second kappa shape index (κ2) is 5.97. The van der Waals surface area contributed by atoms with E-state index in [-0.39, 0.29) is 5.54 Å². The third-order valence-electron chi connectivity index (χ3n) is 4.40. The fourth-order valence-electron chi connectivity index (χ4n) is 3.02. The van der Waals surface area contributed by atoms with Crippen LogP contribution in [-0.4, -0.2) is 24.0 Å². The number of likely N-dealkylation sites (N-methyl/N-ethyl adjacent to an activating group) is 1. The van der Waals surface area contributed by atoms with Crippen molar-refractivity contribution in [3.8, 4) is 0 Å². The lowest BCUT2D eigenvalue weighted by atomic mass is 9.80. The summed E-state index contributed by atoms with van der Waals surface area (Å²) >= 11 is 0. The highest BCUT2D eigenvalue weighted by molar-refractivity contribution is 5.19. The van der Waals surface area contributed by atoms with Crippen molar-refractivity contribution < 1.29 is 8.78 Å². The van der Waals surface area contributed by atoms with Crippen LogP contribution in [0.3, 0.4) is 0 Å². The van der Waals surface area contributed by atoms with E-state index in [0.717, 1.165) is 18.9 Å². The van der Waals surface area contributed by atoms with Crippen LogP contribution >= 0.6 is 0 Å². The molecule has 0 bridgehead atoms. The number of benzene rings is 1. The van der Waals surface area contributed by atoms with Crippen molar-refractivity contribution in [3.63, 3.8) is 0 Å². The molecule has 2 rings (SSSR count). The first-order valence-electron chi connectivity index (χ1n) is 6.93. The highest BCUT2D eigenvalue weighted by Crippen LogP contribution is 2.33. The van der Waals surface area contributed by atoms with Crippen molar-refractivity contribution in [3.05, 3.63) is 35.4 Å². The van der Waals surface area contributed by atoms with E-state index in [2.05, 4.69) is 4.90 Å². The van der Waals surface area contributed by atoms with Gasteiger partial charge in [0.25, 0.3) is 0 Å². The average molecular weight is 268 g/mol. The summed E-state index contributed by atoms with van der Waals surface area (Å²) in [6.45, 7) is 1.07. The molecule has 1 saturated carbocycles. The van der Waals surface area contributed by atoms with E-state index in [1.54, 1.807) is 0 Å². The van der Waals surface area contributed by atoms with E-state index in [9.17, 15) is 8.78 Å². The van der Waals surface area contributed by atoms with Crippen molar-refractivity contribution in [1.29, 1.82) is 0 Å². The fraction of sp³-hybridized carbons (Fsp3) is 0.600. The van der Waals surface area contributed by atoms with Gasteiger partial charge in [0, 0.05) is 30.3 Å². The van der Waals surface area contributed by atoms with Gasteiger partial charge in [0.1, 0.15) is 11.6 Å². The molecule has 1 aromatic carbocycles. The molecule has 1 aliphatic carbocycles. The summed E-state index contributed by atoms with van der Waals surface area (Å²) in [5, 5.41) is 0. The predicted octanol–water partition coefficient (Wildman–Crippen LogP) is 3.06. The Hall–Kier alpha value is -1.00. The van der Waals surface area contributed by atoms with Gasteiger partial charge in [0.15, 0.2) is 0 Å². The first-order chi connectivity index (χ1) is 9.07. The average Bonchev–Trinajstić information content (AvgIpc) is 2.42. The van der Waals surface area contributed by atoms with Crippen molar-refractivity contribution in [2.24, 2.45) is 5.73 Å². The van der Waals surface area contributed by atoms with Crippen LogP contribution in [0.25, 0.3) is 0 Å². The number of rotatable bonds is 4. The monoisotopic (exact) mass is 268 g/mol. The minimum absolute atomic E-state index is 0.0287. The van der Waals surface area contributed by atoms with Crippen LogP contribution in [0.4, 0.5) is 8.78 Å². The van der Waals surface area contributed by atoms with Crippen molar-refractivity contribution in [1.82, 2.24) is 4.90 Å². The van der Waals surface area contributed by atoms with Gasteiger partial charge in [-0.2, -0.15) is 0 Å². The molecule has 19 heavy (non-hydrogen) atoms. The van der Waals surface area contributed by atoms with Crippen LogP contribution in [0.15, 0.2) is 18.2 Å². The Morgan fingerprint density at radius 3 is 2.47 bits per heavy atom. The number of nitrogens with zero attached hydrogens (tertiary/aromatic N) is 1. The van der Waals surface area contributed by atoms with E-state index in [1.165, 1.54) is 31.4 Å². The Labute approximate surface area is 113 Å². The minimum Gasteiger partial charge on any atom is -0.329 e. The smallest absolute Gasteiger partial charge is 0.130 e. The Morgan fingerprint density at radius 2 is 1.89 bits per heavy atom. The molecule has 0 amide bonds. The van der Waals surface area contributed by atoms with Crippen molar-refractivity contribution >= 4 is 0 Å². The summed E-state index contributed by atoms with van der Waals surface area (Å²) in [5.74, 6) is -1.01. The number of halogens is 2. The second-order valence-corrected chi connectivity index (χ2v) is 5.58. The molecule has 0 unspecified atom stereocenters.